The number of nitrogens with two attached hydrogens (primary N) is 5. The number of hydrogen-bond donors (Lipinski definition) is 20. The molecule has 12 amide bonds. The molecule has 0 unspecified atom stereocenters. The van der Waals surface area contributed by atoms with Crippen LogP contribution in [0.15, 0.2) is 70.6 Å². The third-order valence-electron chi connectivity index (χ3n) is 19.6. The Balaban J connectivity index is 2.57. The molecule has 0 aliphatic carbocycles. The van der Waals surface area contributed by atoms with Gasteiger partial charge >= 0.3 is 17.9 Å². The van der Waals surface area contributed by atoms with Crippen molar-refractivity contribution in [2.45, 2.75) is 244 Å². The van der Waals surface area contributed by atoms with Crippen molar-refractivity contribution in [1.29, 1.82) is 0 Å². The third kappa shape index (κ3) is 37.8. The standard InChI is InChI=1S/C78H127N19O19S/c1-13-44(8)61(94-66(105)50(28-22-33-84-77(80)81)87-65(104)52(32-35-117-12)86-64(103)49(79)30-31-59(99)100)73(112)93-57(41-98)71(110)88-51(29-23-34-85-78(82)83)67(106)95-63(46(10)15-3)74(113)96-62(45(9)14-2)72(111)91-53(36-42(4)5)68(107)90-55(40-60(101)102)70(109)89-54(38-47-24-18-16-19-25-47)69(108)92-56(37-43(6)7)75(114)97(11)58(76(115)116)39-48-26-20-17-21-27-48/h16-21,24-27,42-46,49-58,61-63,98H,13-15,22-23,28-41,79H2,1-12H3,(H,86,103)(H,87,104)(H,88,110)(H,89,109)(H,90,107)(H,91,111)(H,92,108)(H,93,112)(H,94,105)(H,95,106)(H,96,113)(H,99,100)(H,101,102)(H,115,116)(H4,80,81,84)(H4,82,83,85)/t44-,45-,46-,49-,50-,51-,52-,53-,54-,55-,56-,57-,58-,61-,62-,63-/m0/s1. The van der Waals surface area contributed by atoms with E-state index in [2.05, 4.69) is 68.5 Å². The number of nitrogens with one attached hydrogen (secondary N) is 11. The molecule has 0 aromatic heterocycles. The third-order valence-corrected chi connectivity index (χ3v) is 20.2. The number of thioether (sulfide) groups is 1. The highest BCUT2D eigenvalue weighted by Crippen LogP contribution is 2.19. The fourth-order valence-electron chi connectivity index (χ4n) is 12.1. The number of aliphatic imine (C=N–C) groups is 2. The van der Waals surface area contributed by atoms with Gasteiger partial charge in [0.15, 0.2) is 11.9 Å². The summed E-state index contributed by atoms with van der Waals surface area (Å²) in [6.45, 7) is 15.8. The smallest absolute Gasteiger partial charge is 0.326 e. The maximum atomic E-state index is 14.8. The second-order valence-electron chi connectivity index (χ2n) is 30.0. The van der Waals surface area contributed by atoms with Crippen LogP contribution in [-0.2, 0) is 84.8 Å². The Morgan fingerprint density at radius 3 is 1.20 bits per heavy atom. The Bertz CT molecular complexity index is 3650. The van der Waals surface area contributed by atoms with Gasteiger partial charge in [0, 0.05) is 39.4 Å². The zero-order valence-electron chi connectivity index (χ0n) is 69.2. The molecule has 0 heterocycles. The van der Waals surface area contributed by atoms with Gasteiger partial charge in [0.2, 0.25) is 70.9 Å². The van der Waals surface area contributed by atoms with Gasteiger partial charge in [0.1, 0.15) is 72.5 Å². The molecule has 0 spiro atoms. The highest BCUT2D eigenvalue weighted by atomic mass is 32.2. The maximum absolute atomic E-state index is 14.8. The summed E-state index contributed by atoms with van der Waals surface area (Å²) >= 11 is 1.34. The van der Waals surface area contributed by atoms with Crippen LogP contribution in [0.4, 0.5) is 0 Å². The minimum Gasteiger partial charge on any atom is -0.481 e. The van der Waals surface area contributed by atoms with Gasteiger partial charge in [-0.2, -0.15) is 11.8 Å². The molecule has 39 heteroatoms. The summed E-state index contributed by atoms with van der Waals surface area (Å²) in [4.78, 5) is 218. The highest BCUT2D eigenvalue weighted by Gasteiger charge is 2.41. The average molecular weight is 1670 g/mol. The lowest BCUT2D eigenvalue weighted by Gasteiger charge is -2.32. The van der Waals surface area contributed by atoms with Crippen LogP contribution < -0.4 is 87.2 Å². The van der Waals surface area contributed by atoms with Crippen molar-refractivity contribution in [1.82, 2.24) is 63.4 Å². The van der Waals surface area contributed by atoms with Crippen molar-refractivity contribution in [3.05, 3.63) is 71.8 Å². The number of guanidine groups is 2. The second-order valence-corrected chi connectivity index (χ2v) is 31.0. The van der Waals surface area contributed by atoms with Crippen LogP contribution in [-0.4, -0.2) is 243 Å². The molecule has 0 aliphatic heterocycles. The number of aliphatic hydroxyl groups is 1. The van der Waals surface area contributed by atoms with Gasteiger partial charge in [-0.1, -0.05) is 149 Å². The fourth-order valence-corrected chi connectivity index (χ4v) is 12.6. The largest absolute Gasteiger partial charge is 0.481 e. The molecule has 2 aromatic carbocycles. The lowest BCUT2D eigenvalue weighted by Crippen LogP contribution is -2.63. The summed E-state index contributed by atoms with van der Waals surface area (Å²) in [5.41, 5.74) is 29.3. The number of likely N-dealkylation sites (N-methyl/N-ethyl adjacent to an activating group) is 1. The molecule has 0 bridgehead atoms. The molecule has 2 aromatic rings. The van der Waals surface area contributed by atoms with E-state index in [9.17, 15) is 87.2 Å². The molecule has 0 saturated heterocycles. The Kier molecular flexibility index (Phi) is 46.8. The summed E-state index contributed by atoms with van der Waals surface area (Å²) in [6, 6.07) is -2.36. The van der Waals surface area contributed by atoms with Crippen LogP contribution >= 0.6 is 11.8 Å². The molecular formula is C78H127N19O19S. The van der Waals surface area contributed by atoms with Crippen molar-refractivity contribution in [3.63, 3.8) is 0 Å². The Morgan fingerprint density at radius 2 is 0.778 bits per heavy atom. The first-order valence-electron chi connectivity index (χ1n) is 39.4. The zero-order chi connectivity index (χ0) is 88.3. The van der Waals surface area contributed by atoms with Gasteiger partial charge in [-0.05, 0) is 104 Å². The van der Waals surface area contributed by atoms with Crippen LogP contribution in [0.25, 0.3) is 0 Å². The normalized spacial score (nSPS) is 15.3. The lowest BCUT2D eigenvalue weighted by atomic mass is 9.94. The van der Waals surface area contributed by atoms with E-state index in [1.807, 2.05) is 0 Å². The predicted molar refractivity (Wildman–Crippen MR) is 440 cm³/mol. The minimum absolute atomic E-state index is 0.000797. The van der Waals surface area contributed by atoms with E-state index in [0.29, 0.717) is 16.9 Å². The van der Waals surface area contributed by atoms with E-state index in [4.69, 9.17) is 33.8 Å². The van der Waals surface area contributed by atoms with E-state index in [1.165, 1.54) is 18.8 Å². The van der Waals surface area contributed by atoms with Crippen LogP contribution in [0, 0.1) is 29.6 Å². The molecule has 38 nitrogen and oxygen atoms in total. The Hall–Kier alpha value is -10.7. The number of carboxylic acids is 3. The molecule has 0 fully saturated rings. The van der Waals surface area contributed by atoms with Crippen molar-refractivity contribution in [3.8, 4) is 0 Å². The summed E-state index contributed by atoms with van der Waals surface area (Å²) in [6.07, 6.45) is 0.264. The quantitative estimate of drug-likeness (QED) is 0.0203. The van der Waals surface area contributed by atoms with Crippen molar-refractivity contribution >= 4 is 112 Å². The van der Waals surface area contributed by atoms with E-state index >= 15 is 0 Å². The van der Waals surface area contributed by atoms with E-state index in [0.717, 1.165) is 4.90 Å². The fraction of sp³-hybridized carbons (Fsp3) is 0.628. The minimum atomic E-state index is -1.91. The van der Waals surface area contributed by atoms with Gasteiger partial charge in [0.25, 0.3) is 0 Å². The van der Waals surface area contributed by atoms with E-state index < -0.39 is 205 Å². The molecule has 2 rings (SSSR count). The van der Waals surface area contributed by atoms with Gasteiger partial charge in [-0.15, -0.1) is 0 Å². The summed E-state index contributed by atoms with van der Waals surface area (Å²) in [5.74, 6) is -18.2. The van der Waals surface area contributed by atoms with Gasteiger partial charge in [0.05, 0.1) is 19.1 Å². The van der Waals surface area contributed by atoms with Gasteiger partial charge < -0.3 is 112 Å². The molecule has 654 valence electrons. The molecule has 16 atom stereocenters. The Morgan fingerprint density at radius 1 is 0.427 bits per heavy atom. The van der Waals surface area contributed by atoms with E-state index in [1.54, 1.807) is 136 Å². The van der Waals surface area contributed by atoms with Crippen LogP contribution in [0.1, 0.15) is 164 Å². The number of nitrogens with zero attached hydrogens (tertiary/aromatic N) is 3. The topological polar surface area (TPSA) is 627 Å². The Labute approximate surface area is 688 Å². The maximum Gasteiger partial charge on any atom is 0.326 e. The first-order valence-corrected chi connectivity index (χ1v) is 40.8. The number of aliphatic carboxylic acids is 3. The highest BCUT2D eigenvalue weighted by molar-refractivity contribution is 7.98. The average Bonchev–Trinajstić information content (AvgIpc) is 0.837. The van der Waals surface area contributed by atoms with Crippen molar-refractivity contribution < 1.29 is 92.3 Å². The van der Waals surface area contributed by atoms with Crippen molar-refractivity contribution in [2.24, 2.45) is 68.2 Å². The van der Waals surface area contributed by atoms with Gasteiger partial charge in [-0.25, -0.2) is 4.79 Å². The SMILES string of the molecule is CC[C@H](C)[C@H](NC(=O)[C@H](CCCN=C(N)N)NC(=O)[C@H](CCSC)NC(=O)[C@@H](N)CCC(=O)O)C(=O)N[C@@H](CO)C(=O)N[C@@H](CCCN=C(N)N)C(=O)N[C@H](C(=O)N[C@H](C(=O)N[C@@H](CC(C)C)C(=O)N[C@@H](CC(=O)O)C(=O)N[C@@H](Cc1ccccc1)C(=O)N[C@@H](CC(C)C)C(=O)N(C)[C@@H](Cc1ccccc1)C(=O)O)[C@@H](C)CC)[C@@H](C)CC. The lowest BCUT2D eigenvalue weighted by molar-refractivity contribution is -0.150. The number of rotatable bonds is 56. The van der Waals surface area contributed by atoms with Crippen LogP contribution in [0.2, 0.25) is 0 Å². The summed E-state index contributed by atoms with van der Waals surface area (Å²) < 4.78 is 0. The first kappa shape index (κ1) is 102. The first-order chi connectivity index (χ1) is 55.1. The number of benzene rings is 2. The number of carbonyl (C=O) groups is 15. The molecule has 117 heavy (non-hydrogen) atoms. The monoisotopic (exact) mass is 1670 g/mol. The molecule has 0 aliphatic rings. The number of carboxylic acid groups (broad SMARTS) is 3. The molecule has 0 radical (unpaired) electrons. The number of hydrogen-bond acceptors (Lipinski definition) is 20. The number of amides is 12. The van der Waals surface area contributed by atoms with Crippen molar-refractivity contribution in [2.75, 3.05) is 38.8 Å². The predicted octanol–water partition coefficient (Wildman–Crippen LogP) is -1.53. The van der Waals surface area contributed by atoms with Crippen LogP contribution in [0.5, 0.6) is 0 Å². The summed E-state index contributed by atoms with van der Waals surface area (Å²) in [7, 11) is 1.31. The van der Waals surface area contributed by atoms with Gasteiger partial charge in [-0.3, -0.25) is 77.1 Å². The zero-order valence-corrected chi connectivity index (χ0v) is 70.0. The number of aliphatic hydroxyl groups excluding tert-OH is 1. The number of carbonyl (C=O) groups excluding carboxylic acids is 12. The summed E-state index contributed by atoms with van der Waals surface area (Å²) in [5, 5.41) is 69.0. The molecular weight excluding hydrogens is 1540 g/mol. The van der Waals surface area contributed by atoms with E-state index in [-0.39, 0.29) is 120 Å². The molecule has 25 N–H and O–H groups in total. The molecule has 0 saturated carbocycles. The van der Waals surface area contributed by atoms with Crippen LogP contribution in [0.3, 0.4) is 0 Å². The second kappa shape index (κ2) is 53.5.